The monoisotopic (exact) mass is 371 g/mol. The molecule has 0 saturated heterocycles. The van der Waals surface area contributed by atoms with Crippen LogP contribution in [0.15, 0.2) is 57.7 Å². The van der Waals surface area contributed by atoms with Gasteiger partial charge in [-0.05, 0) is 30.3 Å². The van der Waals surface area contributed by atoms with Gasteiger partial charge in [-0.25, -0.2) is 9.78 Å². The number of nitrogens with zero attached hydrogens (tertiary/aromatic N) is 1. The van der Waals surface area contributed by atoms with Crippen molar-refractivity contribution < 1.29 is 13.9 Å². The van der Waals surface area contributed by atoms with Crippen molar-refractivity contribution in [1.29, 1.82) is 0 Å². The van der Waals surface area contributed by atoms with Crippen LogP contribution in [0.2, 0.25) is 5.02 Å². The second-order valence-corrected chi connectivity index (χ2v) is 6.82. The van der Waals surface area contributed by atoms with E-state index >= 15 is 0 Å². The SMILES string of the molecule is O=C(OCc1nc2ccccc2s1)c1cc(=O)c2cc(Cl)ccc2o1. The molecule has 7 heteroatoms. The fourth-order valence-electron chi connectivity index (χ4n) is 2.41. The van der Waals surface area contributed by atoms with Crippen LogP contribution in [0.3, 0.4) is 0 Å². The highest BCUT2D eigenvalue weighted by Crippen LogP contribution is 2.23. The van der Waals surface area contributed by atoms with E-state index in [0.29, 0.717) is 15.4 Å². The quantitative estimate of drug-likeness (QED) is 0.499. The molecule has 4 aromatic rings. The van der Waals surface area contributed by atoms with Gasteiger partial charge >= 0.3 is 5.97 Å². The molecule has 4 rings (SSSR count). The lowest BCUT2D eigenvalue weighted by atomic mass is 10.2. The first-order chi connectivity index (χ1) is 12.1. The van der Waals surface area contributed by atoms with Gasteiger partial charge in [-0.15, -0.1) is 11.3 Å². The van der Waals surface area contributed by atoms with Crippen LogP contribution >= 0.6 is 22.9 Å². The Morgan fingerprint density at radius 3 is 2.88 bits per heavy atom. The molecule has 2 aromatic carbocycles. The van der Waals surface area contributed by atoms with Crippen LogP contribution in [-0.4, -0.2) is 11.0 Å². The summed E-state index contributed by atoms with van der Waals surface area (Å²) in [5.74, 6) is -0.867. The van der Waals surface area contributed by atoms with Gasteiger partial charge in [0.05, 0.1) is 15.6 Å². The predicted octanol–water partition coefficient (Wildman–Crippen LogP) is 4.41. The normalized spacial score (nSPS) is 11.1. The summed E-state index contributed by atoms with van der Waals surface area (Å²) in [4.78, 5) is 28.7. The Hall–Kier alpha value is -2.70. The number of ether oxygens (including phenoxy) is 1. The Morgan fingerprint density at radius 1 is 1.20 bits per heavy atom. The first-order valence-corrected chi connectivity index (χ1v) is 8.54. The summed E-state index contributed by atoms with van der Waals surface area (Å²) in [6.45, 7) is 0.0144. The summed E-state index contributed by atoms with van der Waals surface area (Å²) >= 11 is 7.31. The molecule has 0 aliphatic heterocycles. The second-order valence-electron chi connectivity index (χ2n) is 5.27. The molecule has 0 aliphatic rings. The van der Waals surface area contributed by atoms with Crippen molar-refractivity contribution >= 4 is 50.1 Å². The summed E-state index contributed by atoms with van der Waals surface area (Å²) in [5, 5.41) is 1.41. The number of hydrogen-bond acceptors (Lipinski definition) is 6. The Balaban J connectivity index is 1.57. The molecule has 0 spiro atoms. The molecule has 0 fully saturated rings. The average molecular weight is 372 g/mol. The molecule has 0 N–H and O–H groups in total. The number of benzene rings is 2. The van der Waals surface area contributed by atoms with Crippen LogP contribution in [0.5, 0.6) is 0 Å². The summed E-state index contributed by atoms with van der Waals surface area (Å²) in [6.07, 6.45) is 0. The number of rotatable bonds is 3. The summed E-state index contributed by atoms with van der Waals surface area (Å²) in [5.41, 5.74) is 0.784. The summed E-state index contributed by atoms with van der Waals surface area (Å²) in [7, 11) is 0. The minimum absolute atomic E-state index is 0.0144. The highest BCUT2D eigenvalue weighted by atomic mass is 35.5. The van der Waals surface area contributed by atoms with Crippen LogP contribution in [0.25, 0.3) is 21.2 Å². The first kappa shape index (κ1) is 15.8. The number of para-hydroxylation sites is 1. The van der Waals surface area contributed by atoms with Gasteiger partial charge in [0.15, 0.2) is 5.43 Å². The molecule has 2 heterocycles. The zero-order chi connectivity index (χ0) is 17.4. The lowest BCUT2D eigenvalue weighted by Crippen LogP contribution is -2.10. The lowest BCUT2D eigenvalue weighted by molar-refractivity contribution is 0.0436. The van der Waals surface area contributed by atoms with Crippen LogP contribution in [0.4, 0.5) is 0 Å². The fourth-order valence-corrected chi connectivity index (χ4v) is 3.46. The van der Waals surface area contributed by atoms with Crippen LogP contribution in [0.1, 0.15) is 15.6 Å². The van der Waals surface area contributed by atoms with Crippen LogP contribution in [0, 0.1) is 0 Å². The maximum atomic E-state index is 12.2. The second kappa shape index (κ2) is 6.31. The molecule has 0 saturated carbocycles. The standard InChI is InChI=1S/C18H10ClNO4S/c19-10-5-6-14-11(7-10)13(21)8-15(24-14)18(22)23-9-17-20-12-3-1-2-4-16(12)25-17/h1-8H,9H2. The van der Waals surface area contributed by atoms with Crippen LogP contribution < -0.4 is 5.43 Å². The molecule has 0 atom stereocenters. The zero-order valence-electron chi connectivity index (χ0n) is 12.7. The number of aromatic nitrogens is 1. The van der Waals surface area contributed by atoms with Crippen LogP contribution in [-0.2, 0) is 11.3 Å². The Bertz CT molecular complexity index is 1130. The fraction of sp³-hybridized carbons (Fsp3) is 0.0556. The van der Waals surface area contributed by atoms with Gasteiger partial charge in [-0.2, -0.15) is 0 Å². The number of thiazole rings is 1. The molecule has 0 unspecified atom stereocenters. The number of hydrogen-bond donors (Lipinski definition) is 0. The van der Waals surface area contributed by atoms with Crippen molar-refractivity contribution in [2.75, 3.05) is 0 Å². The number of esters is 1. The minimum atomic E-state index is -0.715. The smallest absolute Gasteiger partial charge is 0.374 e. The molecule has 0 aliphatic carbocycles. The predicted molar refractivity (Wildman–Crippen MR) is 96.2 cm³/mol. The molecule has 124 valence electrons. The van der Waals surface area contributed by atoms with Gasteiger partial charge in [-0.1, -0.05) is 23.7 Å². The van der Waals surface area contributed by atoms with E-state index in [2.05, 4.69) is 4.98 Å². The Labute approximate surface area is 150 Å². The first-order valence-electron chi connectivity index (χ1n) is 7.35. The van der Waals surface area contributed by atoms with Crippen molar-refractivity contribution in [3.63, 3.8) is 0 Å². The maximum Gasteiger partial charge on any atom is 0.374 e. The van der Waals surface area contributed by atoms with Crippen molar-refractivity contribution in [2.45, 2.75) is 6.61 Å². The van der Waals surface area contributed by atoms with Crippen molar-refractivity contribution in [2.24, 2.45) is 0 Å². The third kappa shape index (κ3) is 3.14. The Morgan fingerprint density at radius 2 is 2.04 bits per heavy atom. The zero-order valence-corrected chi connectivity index (χ0v) is 14.3. The Kier molecular flexibility index (Phi) is 3.99. The van der Waals surface area contributed by atoms with E-state index in [-0.39, 0.29) is 23.4 Å². The topological polar surface area (TPSA) is 69.4 Å². The molecule has 0 bridgehead atoms. The number of halogens is 1. The molecule has 0 radical (unpaired) electrons. The van der Waals surface area contributed by atoms with Gasteiger partial charge in [0, 0.05) is 11.1 Å². The molecule has 25 heavy (non-hydrogen) atoms. The third-order valence-corrected chi connectivity index (χ3v) is 4.80. The number of carbonyl (C=O) groups is 1. The van der Waals surface area contributed by atoms with Gasteiger partial charge in [-0.3, -0.25) is 4.79 Å². The molecule has 0 amide bonds. The van der Waals surface area contributed by atoms with Crippen molar-refractivity contribution in [3.8, 4) is 0 Å². The highest BCUT2D eigenvalue weighted by molar-refractivity contribution is 7.18. The largest absolute Gasteiger partial charge is 0.452 e. The number of carbonyl (C=O) groups excluding carboxylic acids is 1. The van der Waals surface area contributed by atoms with E-state index in [1.807, 2.05) is 24.3 Å². The molecular formula is C18H10ClNO4S. The summed E-state index contributed by atoms with van der Waals surface area (Å²) < 4.78 is 11.7. The van der Waals surface area contributed by atoms with Gasteiger partial charge in [0.25, 0.3) is 0 Å². The molecule has 2 aromatic heterocycles. The minimum Gasteiger partial charge on any atom is -0.452 e. The molecular weight excluding hydrogens is 362 g/mol. The van der Waals surface area contributed by atoms with E-state index in [1.54, 1.807) is 12.1 Å². The van der Waals surface area contributed by atoms with Crippen molar-refractivity contribution in [3.05, 3.63) is 74.5 Å². The van der Waals surface area contributed by atoms with E-state index in [9.17, 15) is 9.59 Å². The van der Waals surface area contributed by atoms with Crippen molar-refractivity contribution in [1.82, 2.24) is 4.98 Å². The number of fused-ring (bicyclic) bond motifs is 2. The van der Waals surface area contributed by atoms with Gasteiger partial charge < -0.3 is 9.15 Å². The van der Waals surface area contributed by atoms with E-state index < -0.39 is 5.97 Å². The highest BCUT2D eigenvalue weighted by Gasteiger charge is 2.15. The van der Waals surface area contributed by atoms with E-state index in [4.69, 9.17) is 20.8 Å². The lowest BCUT2D eigenvalue weighted by Gasteiger charge is -2.03. The van der Waals surface area contributed by atoms with Gasteiger partial charge in [0.1, 0.15) is 17.2 Å². The third-order valence-electron chi connectivity index (χ3n) is 3.56. The van der Waals surface area contributed by atoms with E-state index in [1.165, 1.54) is 17.4 Å². The van der Waals surface area contributed by atoms with E-state index in [0.717, 1.165) is 16.3 Å². The average Bonchev–Trinajstić information content (AvgIpc) is 3.03. The van der Waals surface area contributed by atoms with Gasteiger partial charge in [0.2, 0.25) is 5.76 Å². The summed E-state index contributed by atoms with van der Waals surface area (Å²) in [6, 6.07) is 13.4. The molecule has 5 nitrogen and oxygen atoms in total. The maximum absolute atomic E-state index is 12.2.